The molecule has 1 saturated carbocycles. The quantitative estimate of drug-likeness (QED) is 0.811. The van der Waals surface area contributed by atoms with Gasteiger partial charge in [0.05, 0.1) is 0 Å². The van der Waals surface area contributed by atoms with Gasteiger partial charge in [0.2, 0.25) is 18.6 Å². The summed E-state index contributed by atoms with van der Waals surface area (Å²) in [6.45, 7) is 2.48. The molecule has 2 aromatic rings. The van der Waals surface area contributed by atoms with Gasteiger partial charge in [0.1, 0.15) is 5.41 Å². The fourth-order valence-corrected chi connectivity index (χ4v) is 3.04. The van der Waals surface area contributed by atoms with Crippen LogP contribution in [-0.2, 0) is 16.1 Å². The second-order valence-corrected chi connectivity index (χ2v) is 6.72. The lowest BCUT2D eigenvalue weighted by Crippen LogP contribution is -2.39. The first-order chi connectivity index (χ1) is 12.6. The summed E-state index contributed by atoms with van der Waals surface area (Å²) in [4.78, 5) is 25.3. The molecule has 1 aliphatic heterocycles. The number of hydrogen-bond acceptors (Lipinski definition) is 4. The molecule has 1 heterocycles. The van der Waals surface area contributed by atoms with E-state index in [0.717, 1.165) is 16.8 Å². The van der Waals surface area contributed by atoms with Gasteiger partial charge in [0.25, 0.3) is 0 Å². The second kappa shape index (κ2) is 6.37. The smallest absolute Gasteiger partial charge is 0.240 e. The van der Waals surface area contributed by atoms with Crippen LogP contribution < -0.4 is 20.1 Å². The normalized spacial score (nSPS) is 16.0. The molecule has 2 amide bonds. The number of rotatable bonds is 5. The number of hydrogen-bond donors (Lipinski definition) is 2. The average Bonchev–Trinajstić information content (AvgIpc) is 3.33. The fourth-order valence-electron chi connectivity index (χ4n) is 3.04. The number of carbonyl (C=O) groups is 2. The van der Waals surface area contributed by atoms with E-state index in [-0.39, 0.29) is 18.6 Å². The zero-order chi connectivity index (χ0) is 18.1. The lowest BCUT2D eigenvalue weighted by molar-refractivity contribution is -0.134. The molecular weight excluding hydrogens is 332 g/mol. The Balaban J connectivity index is 1.39. The van der Waals surface area contributed by atoms with Crippen LogP contribution in [0.3, 0.4) is 0 Å². The van der Waals surface area contributed by atoms with Crippen molar-refractivity contribution in [2.75, 3.05) is 12.1 Å². The monoisotopic (exact) mass is 352 g/mol. The van der Waals surface area contributed by atoms with Gasteiger partial charge in [-0.1, -0.05) is 24.3 Å². The van der Waals surface area contributed by atoms with Crippen LogP contribution in [0, 0.1) is 12.3 Å². The molecule has 1 aliphatic carbocycles. The van der Waals surface area contributed by atoms with E-state index in [1.807, 2.05) is 49.4 Å². The Morgan fingerprint density at radius 1 is 1.04 bits per heavy atom. The average molecular weight is 352 g/mol. The number of aryl methyl sites for hydroxylation is 1. The van der Waals surface area contributed by atoms with Gasteiger partial charge >= 0.3 is 0 Å². The molecule has 2 aromatic carbocycles. The molecule has 0 radical (unpaired) electrons. The summed E-state index contributed by atoms with van der Waals surface area (Å²) in [6, 6.07) is 13.1. The van der Waals surface area contributed by atoms with Gasteiger partial charge in [-0.2, -0.15) is 0 Å². The maximum absolute atomic E-state index is 12.6. The van der Waals surface area contributed by atoms with Crippen molar-refractivity contribution >= 4 is 17.5 Å². The van der Waals surface area contributed by atoms with Gasteiger partial charge in [-0.25, -0.2) is 0 Å². The minimum Gasteiger partial charge on any atom is -0.454 e. The Morgan fingerprint density at radius 3 is 2.58 bits per heavy atom. The third-order valence-electron chi connectivity index (χ3n) is 4.90. The second-order valence-electron chi connectivity index (χ2n) is 6.72. The highest BCUT2D eigenvalue weighted by molar-refractivity contribution is 6.13. The van der Waals surface area contributed by atoms with Crippen LogP contribution in [0.25, 0.3) is 0 Å². The van der Waals surface area contributed by atoms with Crippen molar-refractivity contribution in [3.8, 4) is 11.5 Å². The van der Waals surface area contributed by atoms with E-state index in [1.54, 1.807) is 0 Å². The standard InChI is InChI=1S/C20H20N2O4/c1-13-4-2-3-5-15(13)22-19(24)20(8-9-20)18(23)21-11-14-6-7-16-17(10-14)26-12-25-16/h2-7,10H,8-9,11-12H2,1H3,(H,21,23)(H,22,24). The SMILES string of the molecule is Cc1ccccc1NC(=O)C1(C(=O)NCc2ccc3c(c2)OCO3)CC1. The van der Waals surface area contributed by atoms with Crippen molar-refractivity contribution in [3.05, 3.63) is 53.6 Å². The molecule has 6 nitrogen and oxygen atoms in total. The van der Waals surface area contributed by atoms with Gasteiger partial charge in [-0.15, -0.1) is 0 Å². The summed E-state index contributed by atoms with van der Waals surface area (Å²) in [7, 11) is 0. The lowest BCUT2D eigenvalue weighted by Gasteiger charge is -2.16. The highest BCUT2D eigenvalue weighted by Crippen LogP contribution is 2.47. The Labute approximate surface area is 151 Å². The molecule has 0 saturated heterocycles. The zero-order valence-corrected chi connectivity index (χ0v) is 14.5. The van der Waals surface area contributed by atoms with Crippen LogP contribution in [0.4, 0.5) is 5.69 Å². The van der Waals surface area contributed by atoms with Crippen molar-refractivity contribution in [3.63, 3.8) is 0 Å². The van der Waals surface area contributed by atoms with E-state index in [4.69, 9.17) is 9.47 Å². The highest BCUT2D eigenvalue weighted by atomic mass is 16.7. The van der Waals surface area contributed by atoms with Crippen LogP contribution in [0.2, 0.25) is 0 Å². The minimum atomic E-state index is -0.960. The third kappa shape index (κ3) is 2.98. The van der Waals surface area contributed by atoms with E-state index in [0.29, 0.717) is 30.9 Å². The lowest BCUT2D eigenvalue weighted by atomic mass is 10.0. The number of ether oxygens (including phenoxy) is 2. The predicted molar refractivity (Wildman–Crippen MR) is 95.9 cm³/mol. The van der Waals surface area contributed by atoms with Crippen molar-refractivity contribution in [2.24, 2.45) is 5.41 Å². The summed E-state index contributed by atoms with van der Waals surface area (Å²) < 4.78 is 10.6. The molecule has 0 bridgehead atoms. The van der Waals surface area contributed by atoms with Gasteiger partial charge in [0.15, 0.2) is 11.5 Å². The summed E-state index contributed by atoms with van der Waals surface area (Å²) in [5.41, 5.74) is 1.65. The molecule has 4 rings (SSSR count). The van der Waals surface area contributed by atoms with E-state index in [9.17, 15) is 9.59 Å². The number of para-hydroxylation sites is 1. The van der Waals surface area contributed by atoms with Crippen LogP contribution in [0.1, 0.15) is 24.0 Å². The Morgan fingerprint density at radius 2 is 1.81 bits per heavy atom. The van der Waals surface area contributed by atoms with E-state index < -0.39 is 5.41 Å². The van der Waals surface area contributed by atoms with Gasteiger partial charge in [0, 0.05) is 12.2 Å². The predicted octanol–water partition coefficient (Wildman–Crippen LogP) is 2.76. The van der Waals surface area contributed by atoms with Gasteiger partial charge < -0.3 is 20.1 Å². The number of benzene rings is 2. The molecule has 134 valence electrons. The fraction of sp³-hybridized carbons (Fsp3) is 0.300. The Kier molecular flexibility index (Phi) is 4.03. The molecular formula is C20H20N2O4. The van der Waals surface area contributed by atoms with Crippen molar-refractivity contribution < 1.29 is 19.1 Å². The summed E-state index contributed by atoms with van der Waals surface area (Å²) in [5.74, 6) is 0.905. The van der Waals surface area contributed by atoms with E-state index >= 15 is 0 Å². The maximum atomic E-state index is 12.6. The summed E-state index contributed by atoms with van der Waals surface area (Å²) in [6.07, 6.45) is 1.13. The number of fused-ring (bicyclic) bond motifs is 1. The molecule has 2 aliphatic rings. The molecule has 0 aromatic heterocycles. The number of amides is 2. The van der Waals surface area contributed by atoms with Crippen LogP contribution in [-0.4, -0.2) is 18.6 Å². The Bertz CT molecular complexity index is 874. The number of anilines is 1. The molecule has 0 atom stereocenters. The Hall–Kier alpha value is -3.02. The summed E-state index contributed by atoms with van der Waals surface area (Å²) in [5, 5.41) is 5.77. The largest absolute Gasteiger partial charge is 0.454 e. The first kappa shape index (κ1) is 16.4. The van der Waals surface area contributed by atoms with Crippen molar-refractivity contribution in [1.29, 1.82) is 0 Å². The number of carbonyl (C=O) groups excluding carboxylic acids is 2. The van der Waals surface area contributed by atoms with E-state index in [2.05, 4.69) is 10.6 Å². The van der Waals surface area contributed by atoms with Gasteiger partial charge in [-0.05, 0) is 49.1 Å². The molecule has 26 heavy (non-hydrogen) atoms. The van der Waals surface area contributed by atoms with Crippen LogP contribution in [0.5, 0.6) is 11.5 Å². The van der Waals surface area contributed by atoms with Gasteiger partial charge in [-0.3, -0.25) is 9.59 Å². The zero-order valence-electron chi connectivity index (χ0n) is 14.5. The van der Waals surface area contributed by atoms with Crippen LogP contribution in [0.15, 0.2) is 42.5 Å². The topological polar surface area (TPSA) is 76.7 Å². The third-order valence-corrected chi connectivity index (χ3v) is 4.90. The summed E-state index contributed by atoms with van der Waals surface area (Å²) >= 11 is 0. The number of nitrogens with one attached hydrogen (secondary N) is 2. The molecule has 1 fully saturated rings. The maximum Gasteiger partial charge on any atom is 0.240 e. The first-order valence-electron chi connectivity index (χ1n) is 8.62. The van der Waals surface area contributed by atoms with Crippen molar-refractivity contribution in [1.82, 2.24) is 5.32 Å². The van der Waals surface area contributed by atoms with Crippen LogP contribution >= 0.6 is 0 Å². The molecule has 6 heteroatoms. The highest BCUT2D eigenvalue weighted by Gasteiger charge is 2.56. The molecule has 2 N–H and O–H groups in total. The van der Waals surface area contributed by atoms with E-state index in [1.165, 1.54) is 0 Å². The minimum absolute atomic E-state index is 0.216. The van der Waals surface area contributed by atoms with Crippen molar-refractivity contribution in [2.45, 2.75) is 26.3 Å². The molecule has 0 unspecified atom stereocenters. The first-order valence-corrected chi connectivity index (χ1v) is 8.62. The molecule has 0 spiro atoms.